The number of ether oxygens (including phenoxy) is 1. The minimum absolute atomic E-state index is 0.157. The molecule has 1 aromatic carbocycles. The third-order valence-electron chi connectivity index (χ3n) is 5.10. The standard InChI is InChI=1S/C21H20ClN5O2S2/c1-13-17-10-18(31-20(17)27(25-13)16-4-2-14(22)3-5-16)19(28)24-21-23-15(12-30-21)11-26-6-8-29-9-7-26/h2-5,10,12H,6-9,11H2,1H3,(H,23,24,28). The summed E-state index contributed by atoms with van der Waals surface area (Å²) in [5.74, 6) is -0.157. The molecule has 0 radical (unpaired) electrons. The molecule has 0 saturated carbocycles. The van der Waals surface area contributed by atoms with E-state index < -0.39 is 0 Å². The number of aryl methyl sites for hydroxylation is 1. The molecule has 0 bridgehead atoms. The summed E-state index contributed by atoms with van der Waals surface area (Å²) in [5.41, 5.74) is 2.75. The molecular weight excluding hydrogens is 454 g/mol. The third-order valence-corrected chi connectivity index (χ3v) is 7.27. The summed E-state index contributed by atoms with van der Waals surface area (Å²) in [7, 11) is 0. The summed E-state index contributed by atoms with van der Waals surface area (Å²) in [5, 5.41) is 11.8. The Kier molecular flexibility index (Phi) is 5.77. The molecule has 1 amide bonds. The summed E-state index contributed by atoms with van der Waals surface area (Å²) < 4.78 is 7.24. The number of morpholine rings is 1. The average Bonchev–Trinajstić information content (AvgIpc) is 3.47. The average molecular weight is 474 g/mol. The SMILES string of the molecule is Cc1nn(-c2ccc(Cl)cc2)c2sc(C(=O)Nc3nc(CN4CCOCC4)cs3)cc12. The van der Waals surface area contributed by atoms with E-state index in [9.17, 15) is 4.79 Å². The van der Waals surface area contributed by atoms with Gasteiger partial charge in [-0.05, 0) is 37.3 Å². The number of hydrogen-bond acceptors (Lipinski definition) is 7. The number of benzene rings is 1. The molecule has 1 aliphatic rings. The molecule has 160 valence electrons. The smallest absolute Gasteiger partial charge is 0.267 e. The number of nitrogens with one attached hydrogen (secondary N) is 1. The van der Waals surface area contributed by atoms with Gasteiger partial charge in [-0.2, -0.15) is 5.10 Å². The van der Waals surface area contributed by atoms with Crippen molar-refractivity contribution in [3.05, 3.63) is 57.0 Å². The quantitative estimate of drug-likeness (QED) is 0.459. The second-order valence-electron chi connectivity index (χ2n) is 7.29. The van der Waals surface area contributed by atoms with Crippen molar-refractivity contribution in [1.82, 2.24) is 19.7 Å². The maximum absolute atomic E-state index is 12.9. The van der Waals surface area contributed by atoms with Gasteiger partial charge in [0.15, 0.2) is 5.13 Å². The number of thiazole rings is 1. The molecule has 4 heterocycles. The van der Waals surface area contributed by atoms with E-state index in [1.54, 1.807) is 0 Å². The van der Waals surface area contributed by atoms with Gasteiger partial charge in [0.05, 0.1) is 35.2 Å². The van der Waals surface area contributed by atoms with E-state index >= 15 is 0 Å². The van der Waals surface area contributed by atoms with Gasteiger partial charge < -0.3 is 4.74 Å². The van der Waals surface area contributed by atoms with E-state index in [-0.39, 0.29) is 5.91 Å². The topological polar surface area (TPSA) is 72.3 Å². The molecule has 4 aromatic rings. The molecule has 7 nitrogen and oxygen atoms in total. The van der Waals surface area contributed by atoms with Crippen LogP contribution >= 0.6 is 34.3 Å². The Balaban J connectivity index is 1.33. The van der Waals surface area contributed by atoms with E-state index in [1.807, 2.05) is 47.3 Å². The molecular formula is C21H20ClN5O2S2. The fourth-order valence-electron chi connectivity index (χ4n) is 3.50. The van der Waals surface area contributed by atoms with Gasteiger partial charge in [0.25, 0.3) is 5.91 Å². The fraction of sp³-hybridized carbons (Fsp3) is 0.286. The minimum atomic E-state index is -0.157. The van der Waals surface area contributed by atoms with Crippen LogP contribution < -0.4 is 5.32 Å². The predicted octanol–water partition coefficient (Wildman–Crippen LogP) is 4.59. The number of hydrogen-bond donors (Lipinski definition) is 1. The molecule has 0 spiro atoms. The highest BCUT2D eigenvalue weighted by atomic mass is 35.5. The number of nitrogens with zero attached hydrogens (tertiary/aromatic N) is 4. The van der Waals surface area contributed by atoms with E-state index in [4.69, 9.17) is 16.3 Å². The lowest BCUT2D eigenvalue weighted by atomic mass is 10.3. The molecule has 1 fully saturated rings. The lowest BCUT2D eigenvalue weighted by molar-refractivity contribution is 0.0337. The van der Waals surface area contributed by atoms with Gasteiger partial charge in [-0.1, -0.05) is 11.6 Å². The molecule has 3 aromatic heterocycles. The first-order valence-corrected chi connectivity index (χ1v) is 12.0. The summed E-state index contributed by atoms with van der Waals surface area (Å²) in [6.45, 7) is 6.05. The van der Waals surface area contributed by atoms with Crippen molar-refractivity contribution in [2.75, 3.05) is 31.6 Å². The minimum Gasteiger partial charge on any atom is -0.379 e. The van der Waals surface area contributed by atoms with Crippen molar-refractivity contribution in [3.8, 4) is 5.69 Å². The van der Waals surface area contributed by atoms with E-state index in [0.29, 0.717) is 15.0 Å². The van der Waals surface area contributed by atoms with Gasteiger partial charge in [-0.25, -0.2) is 9.67 Å². The number of carbonyl (C=O) groups is 1. The Morgan fingerprint density at radius 2 is 2.03 bits per heavy atom. The third kappa shape index (κ3) is 4.37. The zero-order chi connectivity index (χ0) is 21.4. The molecule has 5 rings (SSSR count). The van der Waals surface area contributed by atoms with Crippen LogP contribution in [-0.4, -0.2) is 51.9 Å². The van der Waals surface area contributed by atoms with Crippen LogP contribution in [0.2, 0.25) is 5.02 Å². The van der Waals surface area contributed by atoms with Gasteiger partial charge >= 0.3 is 0 Å². The Morgan fingerprint density at radius 1 is 1.26 bits per heavy atom. The lowest BCUT2D eigenvalue weighted by Gasteiger charge is -2.25. The molecule has 1 aliphatic heterocycles. The number of anilines is 1. The van der Waals surface area contributed by atoms with E-state index in [0.717, 1.165) is 60.1 Å². The first kappa shape index (κ1) is 20.6. The normalized spacial score (nSPS) is 14.9. The number of amides is 1. The number of aromatic nitrogens is 3. The number of fused-ring (bicyclic) bond motifs is 1. The highest BCUT2D eigenvalue weighted by Crippen LogP contribution is 2.31. The highest BCUT2D eigenvalue weighted by Gasteiger charge is 2.19. The molecule has 31 heavy (non-hydrogen) atoms. The summed E-state index contributed by atoms with van der Waals surface area (Å²) >= 11 is 8.87. The second-order valence-corrected chi connectivity index (χ2v) is 9.61. The van der Waals surface area contributed by atoms with Crippen molar-refractivity contribution < 1.29 is 9.53 Å². The number of carbonyl (C=O) groups excluding carboxylic acids is 1. The number of thiophene rings is 1. The van der Waals surface area contributed by atoms with Crippen molar-refractivity contribution in [2.24, 2.45) is 0 Å². The second kappa shape index (κ2) is 8.68. The Morgan fingerprint density at radius 3 is 2.81 bits per heavy atom. The van der Waals surface area contributed by atoms with Crippen LogP contribution in [0.5, 0.6) is 0 Å². The molecule has 1 N–H and O–H groups in total. The van der Waals surface area contributed by atoms with Crippen molar-refractivity contribution in [2.45, 2.75) is 13.5 Å². The van der Waals surface area contributed by atoms with Crippen LogP contribution in [0.4, 0.5) is 5.13 Å². The van der Waals surface area contributed by atoms with Crippen molar-refractivity contribution in [1.29, 1.82) is 0 Å². The van der Waals surface area contributed by atoms with Gasteiger partial charge in [-0.15, -0.1) is 22.7 Å². The van der Waals surface area contributed by atoms with Gasteiger partial charge in [0, 0.05) is 35.4 Å². The summed E-state index contributed by atoms with van der Waals surface area (Å²) in [6.07, 6.45) is 0. The van der Waals surface area contributed by atoms with Gasteiger partial charge in [-0.3, -0.25) is 15.0 Å². The van der Waals surface area contributed by atoms with Gasteiger partial charge in [0.2, 0.25) is 0 Å². The number of rotatable bonds is 5. The maximum Gasteiger partial charge on any atom is 0.267 e. The van der Waals surface area contributed by atoms with Crippen LogP contribution in [0.1, 0.15) is 21.1 Å². The van der Waals surface area contributed by atoms with Crippen LogP contribution in [-0.2, 0) is 11.3 Å². The predicted molar refractivity (Wildman–Crippen MR) is 125 cm³/mol. The summed E-state index contributed by atoms with van der Waals surface area (Å²) in [4.78, 5) is 21.3. The zero-order valence-corrected chi connectivity index (χ0v) is 19.2. The first-order valence-electron chi connectivity index (χ1n) is 9.88. The highest BCUT2D eigenvalue weighted by molar-refractivity contribution is 7.20. The summed E-state index contributed by atoms with van der Waals surface area (Å²) in [6, 6.07) is 9.39. The Labute approximate surface area is 192 Å². The van der Waals surface area contributed by atoms with Crippen molar-refractivity contribution >= 4 is 55.5 Å². The lowest BCUT2D eigenvalue weighted by Crippen LogP contribution is -2.35. The zero-order valence-electron chi connectivity index (χ0n) is 16.8. The molecule has 0 aliphatic carbocycles. The first-order chi connectivity index (χ1) is 15.1. The van der Waals surface area contributed by atoms with E-state index in [1.165, 1.54) is 22.7 Å². The van der Waals surface area contributed by atoms with E-state index in [2.05, 4.69) is 20.3 Å². The molecule has 0 atom stereocenters. The Hall–Kier alpha value is -2.30. The fourth-order valence-corrected chi connectivity index (χ4v) is 5.40. The van der Waals surface area contributed by atoms with Crippen LogP contribution in [0.15, 0.2) is 35.7 Å². The molecule has 0 unspecified atom stereocenters. The number of halogens is 1. The van der Waals surface area contributed by atoms with Crippen LogP contribution in [0.25, 0.3) is 15.9 Å². The van der Waals surface area contributed by atoms with Crippen LogP contribution in [0.3, 0.4) is 0 Å². The van der Waals surface area contributed by atoms with Crippen LogP contribution in [0, 0.1) is 6.92 Å². The molecule has 10 heteroatoms. The maximum atomic E-state index is 12.9. The molecule has 1 saturated heterocycles. The van der Waals surface area contributed by atoms with Gasteiger partial charge in [0.1, 0.15) is 4.83 Å². The van der Waals surface area contributed by atoms with Crippen molar-refractivity contribution in [3.63, 3.8) is 0 Å². The largest absolute Gasteiger partial charge is 0.379 e. The Bertz CT molecular complexity index is 1220. The monoisotopic (exact) mass is 473 g/mol.